The maximum Gasteiger partial charge on any atom is 0.328 e. The van der Waals surface area contributed by atoms with Gasteiger partial charge in [-0.2, -0.15) is 0 Å². The van der Waals surface area contributed by atoms with Gasteiger partial charge in [-0.15, -0.1) is 0 Å². The number of carbonyl (C=O) groups excluding carboxylic acids is 2. The summed E-state index contributed by atoms with van der Waals surface area (Å²) >= 11 is 0. The molecule has 1 aliphatic carbocycles. The number of hydrogen-bond acceptors (Lipinski definition) is 4. The van der Waals surface area contributed by atoms with Crippen LogP contribution in [0.3, 0.4) is 0 Å². The molecule has 0 bridgehead atoms. The lowest BCUT2D eigenvalue weighted by Crippen LogP contribution is -2.45. The molecule has 2 rings (SSSR count). The van der Waals surface area contributed by atoms with Gasteiger partial charge in [0.15, 0.2) is 0 Å². The van der Waals surface area contributed by atoms with Crippen molar-refractivity contribution in [2.24, 2.45) is 5.41 Å². The Kier molecular flexibility index (Phi) is 4.85. The Bertz CT molecular complexity index is 428. The quantitative estimate of drug-likeness (QED) is 0.796. The van der Waals surface area contributed by atoms with Gasteiger partial charge < -0.3 is 14.7 Å². The zero-order chi connectivity index (χ0) is 15.5. The number of ether oxygens (including phenoxy) is 1. The van der Waals surface area contributed by atoms with Gasteiger partial charge in [0, 0.05) is 13.0 Å². The maximum absolute atomic E-state index is 12.5. The number of carboxylic acids is 1. The average Bonchev–Trinajstić information content (AvgIpc) is 2.96. The van der Waals surface area contributed by atoms with Crippen LogP contribution in [0.15, 0.2) is 0 Å². The summed E-state index contributed by atoms with van der Waals surface area (Å²) in [5, 5.41) is 9.54. The molecule has 2 aliphatic rings. The molecule has 1 aliphatic heterocycles. The first-order valence-corrected chi connectivity index (χ1v) is 7.61. The molecule has 6 heteroatoms. The van der Waals surface area contributed by atoms with Crippen molar-refractivity contribution in [3.05, 3.63) is 0 Å². The van der Waals surface area contributed by atoms with E-state index in [0.717, 1.165) is 25.7 Å². The van der Waals surface area contributed by atoms with E-state index in [1.807, 2.05) is 0 Å². The van der Waals surface area contributed by atoms with Crippen molar-refractivity contribution < 1.29 is 24.2 Å². The Balaban J connectivity index is 2.08. The Morgan fingerprint density at radius 1 is 1.19 bits per heavy atom. The third-order valence-electron chi connectivity index (χ3n) is 4.80. The maximum atomic E-state index is 12.5. The van der Waals surface area contributed by atoms with Gasteiger partial charge in [-0.1, -0.05) is 19.3 Å². The second-order valence-corrected chi connectivity index (χ2v) is 6.09. The molecule has 1 unspecified atom stereocenters. The highest BCUT2D eigenvalue weighted by Gasteiger charge is 2.44. The molecule has 6 nitrogen and oxygen atoms in total. The first-order valence-electron chi connectivity index (χ1n) is 7.61. The molecule has 1 saturated heterocycles. The summed E-state index contributed by atoms with van der Waals surface area (Å²) in [7, 11) is 1.31. The number of rotatable bonds is 4. The van der Waals surface area contributed by atoms with E-state index in [0.29, 0.717) is 25.8 Å². The van der Waals surface area contributed by atoms with Gasteiger partial charge in [0.2, 0.25) is 5.91 Å². The van der Waals surface area contributed by atoms with Crippen molar-refractivity contribution in [1.29, 1.82) is 0 Å². The van der Waals surface area contributed by atoms with Crippen LogP contribution < -0.4 is 0 Å². The number of carbonyl (C=O) groups is 3. The Morgan fingerprint density at radius 3 is 2.43 bits per heavy atom. The molecular weight excluding hydrogens is 274 g/mol. The summed E-state index contributed by atoms with van der Waals surface area (Å²) in [5.41, 5.74) is -0.946. The molecule has 21 heavy (non-hydrogen) atoms. The minimum atomic E-state index is -0.946. The number of hydrogen-bond donors (Lipinski definition) is 1. The van der Waals surface area contributed by atoms with Crippen molar-refractivity contribution in [1.82, 2.24) is 4.90 Å². The zero-order valence-electron chi connectivity index (χ0n) is 12.5. The van der Waals surface area contributed by atoms with Gasteiger partial charge in [-0.25, -0.2) is 4.79 Å². The van der Waals surface area contributed by atoms with E-state index in [4.69, 9.17) is 4.74 Å². The van der Waals surface area contributed by atoms with Crippen LogP contribution in [0.5, 0.6) is 0 Å². The lowest BCUT2D eigenvalue weighted by atomic mass is 9.71. The zero-order valence-corrected chi connectivity index (χ0v) is 12.5. The molecule has 1 saturated carbocycles. The second-order valence-electron chi connectivity index (χ2n) is 6.09. The van der Waals surface area contributed by atoms with E-state index >= 15 is 0 Å². The number of nitrogens with zero attached hydrogens (tertiary/aromatic N) is 1. The van der Waals surface area contributed by atoms with Crippen molar-refractivity contribution >= 4 is 17.8 Å². The van der Waals surface area contributed by atoms with Gasteiger partial charge in [0.25, 0.3) is 0 Å². The van der Waals surface area contributed by atoms with Crippen LogP contribution in [-0.4, -0.2) is 47.5 Å². The highest BCUT2D eigenvalue weighted by molar-refractivity contribution is 5.89. The molecule has 1 heterocycles. The second kappa shape index (κ2) is 6.45. The third-order valence-corrected chi connectivity index (χ3v) is 4.80. The average molecular weight is 297 g/mol. The van der Waals surface area contributed by atoms with Crippen LogP contribution in [0.4, 0.5) is 0 Å². The summed E-state index contributed by atoms with van der Waals surface area (Å²) in [5.74, 6) is -1.52. The van der Waals surface area contributed by atoms with Gasteiger partial charge in [0.05, 0.1) is 12.5 Å². The predicted molar refractivity (Wildman–Crippen MR) is 74.5 cm³/mol. The lowest BCUT2D eigenvalue weighted by Gasteiger charge is -2.34. The summed E-state index contributed by atoms with van der Waals surface area (Å²) < 4.78 is 4.73. The Morgan fingerprint density at radius 2 is 1.86 bits per heavy atom. The molecule has 118 valence electrons. The number of methoxy groups -OCH3 is 1. The fraction of sp³-hybridized carbons (Fsp3) is 0.800. The van der Waals surface area contributed by atoms with Gasteiger partial charge in [-0.05, 0) is 25.7 Å². The minimum Gasteiger partial charge on any atom is -0.481 e. The standard InChI is InChI=1S/C15H23NO5/c1-21-13(18)11-6-5-9-16(11)12(17)10-15(14(19)20)7-3-2-4-8-15/h11H,2-10H2,1H3,(H,19,20). The number of aliphatic carboxylic acids is 1. The smallest absolute Gasteiger partial charge is 0.328 e. The van der Waals surface area contributed by atoms with Crippen LogP contribution in [0.25, 0.3) is 0 Å². The van der Waals surface area contributed by atoms with E-state index in [1.165, 1.54) is 12.0 Å². The topological polar surface area (TPSA) is 83.9 Å². The number of carboxylic acid groups (broad SMARTS) is 1. The molecule has 0 radical (unpaired) electrons. The molecule has 0 spiro atoms. The Labute approximate surface area is 124 Å². The molecule has 0 aromatic rings. The minimum absolute atomic E-state index is 0.00414. The van der Waals surface area contributed by atoms with Crippen LogP contribution in [0.2, 0.25) is 0 Å². The largest absolute Gasteiger partial charge is 0.481 e. The first-order chi connectivity index (χ1) is 10.00. The van der Waals surface area contributed by atoms with E-state index < -0.39 is 23.4 Å². The van der Waals surface area contributed by atoms with E-state index in [1.54, 1.807) is 0 Å². The highest BCUT2D eigenvalue weighted by Crippen LogP contribution is 2.40. The van der Waals surface area contributed by atoms with Crippen LogP contribution in [0.1, 0.15) is 51.4 Å². The molecule has 1 atom stereocenters. The van der Waals surface area contributed by atoms with Gasteiger partial charge in [0.1, 0.15) is 6.04 Å². The molecule has 1 amide bonds. The van der Waals surface area contributed by atoms with Gasteiger partial charge in [-0.3, -0.25) is 9.59 Å². The first kappa shape index (κ1) is 15.8. The molecule has 1 N–H and O–H groups in total. The molecule has 0 aromatic heterocycles. The van der Waals surface area contributed by atoms with Crippen molar-refractivity contribution in [2.45, 2.75) is 57.4 Å². The summed E-state index contributed by atoms with van der Waals surface area (Å²) in [4.78, 5) is 37.4. The van der Waals surface area contributed by atoms with Crippen LogP contribution in [0, 0.1) is 5.41 Å². The fourth-order valence-corrected chi connectivity index (χ4v) is 3.53. The lowest BCUT2D eigenvalue weighted by molar-refractivity contribution is -0.158. The summed E-state index contributed by atoms with van der Waals surface area (Å²) in [6.07, 6.45) is 5.16. The molecular formula is C15H23NO5. The van der Waals surface area contributed by atoms with Crippen LogP contribution >= 0.6 is 0 Å². The number of likely N-dealkylation sites (tertiary alicyclic amines) is 1. The summed E-state index contributed by atoms with van der Waals surface area (Å²) in [6.45, 7) is 0.508. The van der Waals surface area contributed by atoms with Crippen molar-refractivity contribution in [2.75, 3.05) is 13.7 Å². The third kappa shape index (κ3) is 3.19. The van der Waals surface area contributed by atoms with E-state index in [2.05, 4.69) is 0 Å². The Hall–Kier alpha value is -1.59. The number of esters is 1. The fourth-order valence-electron chi connectivity index (χ4n) is 3.53. The highest BCUT2D eigenvalue weighted by atomic mass is 16.5. The normalized spacial score (nSPS) is 24.6. The number of amides is 1. The molecule has 0 aromatic carbocycles. The molecule has 2 fully saturated rings. The predicted octanol–water partition coefficient (Wildman–Crippen LogP) is 1.58. The SMILES string of the molecule is COC(=O)C1CCCN1C(=O)CC1(C(=O)O)CCCCC1. The van der Waals surface area contributed by atoms with Gasteiger partial charge >= 0.3 is 11.9 Å². The monoisotopic (exact) mass is 297 g/mol. The van der Waals surface area contributed by atoms with E-state index in [-0.39, 0.29) is 12.3 Å². The summed E-state index contributed by atoms with van der Waals surface area (Å²) in [6, 6.07) is -0.545. The van der Waals surface area contributed by atoms with Crippen molar-refractivity contribution in [3.8, 4) is 0 Å². The van der Waals surface area contributed by atoms with Crippen molar-refractivity contribution in [3.63, 3.8) is 0 Å². The van der Waals surface area contributed by atoms with Crippen LogP contribution in [-0.2, 0) is 19.1 Å². The van der Waals surface area contributed by atoms with E-state index in [9.17, 15) is 19.5 Å².